The minimum Gasteiger partial charge on any atom is -0.548 e. The summed E-state index contributed by atoms with van der Waals surface area (Å²) in [5.74, 6) is -1.32. The van der Waals surface area contributed by atoms with Crippen LogP contribution in [0.4, 0.5) is 0 Å². The van der Waals surface area contributed by atoms with Gasteiger partial charge in [-0.05, 0) is 13.8 Å². The van der Waals surface area contributed by atoms with E-state index in [4.69, 9.17) is 0 Å². The quantitative estimate of drug-likeness (QED) is 0.287. The van der Waals surface area contributed by atoms with Crippen molar-refractivity contribution in [2.75, 3.05) is 0 Å². The second-order valence-electron chi connectivity index (χ2n) is 3.98. The van der Waals surface area contributed by atoms with E-state index in [0.29, 0.717) is 0 Å². The molecule has 0 bridgehead atoms. The number of hydrogen-bond acceptors (Lipinski definition) is 4. The largest absolute Gasteiger partial charge is 1.00 e. The van der Waals surface area contributed by atoms with E-state index in [1.54, 1.807) is 0 Å². The van der Waals surface area contributed by atoms with Crippen LogP contribution in [0, 0.1) is 0 Å². The minimum atomic E-state index is -1.17. The number of rotatable bonds is 1. The van der Waals surface area contributed by atoms with Crippen molar-refractivity contribution in [2.24, 2.45) is 0 Å². The second-order valence-corrected chi connectivity index (χ2v) is 6.74. The first-order valence-corrected chi connectivity index (χ1v) is 6.01. The third-order valence-corrected chi connectivity index (χ3v) is 5.41. The van der Waals surface area contributed by atoms with E-state index in [-0.39, 0.29) is 45.7 Å². The third-order valence-electron chi connectivity index (χ3n) is 2.60. The Balaban J connectivity index is 0.00000112. The van der Waals surface area contributed by atoms with Crippen LogP contribution < -0.4 is 34.7 Å². The van der Waals surface area contributed by atoms with Crippen LogP contribution in [-0.2, 0) is 9.59 Å². The number of aliphatic carboxylic acids is 1. The van der Waals surface area contributed by atoms with Gasteiger partial charge < -0.3 is 14.8 Å². The molecule has 0 unspecified atom stereocenters. The number of alkyl halides is 1. The molecule has 0 saturated carbocycles. The van der Waals surface area contributed by atoms with Gasteiger partial charge >= 0.3 is 29.6 Å². The number of β-lactam (4-membered cyclic amide) rings is 1. The molecule has 2 fully saturated rings. The molecule has 0 aromatic rings. The number of carbonyl (C=O) groups excluding carboxylic acids is 2. The normalized spacial score (nSPS) is 36.6. The van der Waals surface area contributed by atoms with Gasteiger partial charge in [0.25, 0.3) is 0 Å². The molecule has 0 aromatic carbocycles. The first-order valence-electron chi connectivity index (χ1n) is 4.21. The van der Waals surface area contributed by atoms with Crippen LogP contribution in [0.25, 0.3) is 0 Å². The first kappa shape index (κ1) is 13.8. The van der Waals surface area contributed by atoms with Crippen LogP contribution in [0.5, 0.6) is 0 Å². The molecule has 0 radical (unpaired) electrons. The van der Waals surface area contributed by atoms with Crippen molar-refractivity contribution < 1.29 is 44.3 Å². The summed E-state index contributed by atoms with van der Waals surface area (Å²) in [6.45, 7) is 3.65. The Bertz CT molecular complexity index is 325. The summed E-state index contributed by atoms with van der Waals surface area (Å²) in [5, 5.41) is 10.9. The molecule has 2 heterocycles. The van der Waals surface area contributed by atoms with E-state index in [9.17, 15) is 14.7 Å². The molecule has 0 spiro atoms. The van der Waals surface area contributed by atoms with Gasteiger partial charge in [0.05, 0.1) is 12.0 Å². The van der Waals surface area contributed by atoms with Gasteiger partial charge in [-0.1, -0.05) is 15.9 Å². The Morgan fingerprint density at radius 1 is 1.60 bits per heavy atom. The molecule has 0 aromatic heterocycles. The topological polar surface area (TPSA) is 60.4 Å². The van der Waals surface area contributed by atoms with Crippen LogP contribution in [-0.4, -0.2) is 37.8 Å². The van der Waals surface area contributed by atoms with Crippen molar-refractivity contribution in [3.63, 3.8) is 0 Å². The number of nitrogens with zero attached hydrogens (tertiary/aromatic N) is 1. The van der Waals surface area contributed by atoms with Crippen molar-refractivity contribution in [3.8, 4) is 0 Å². The van der Waals surface area contributed by atoms with Gasteiger partial charge in [0.15, 0.2) is 0 Å². The molecule has 0 N–H and O–H groups in total. The average molecular weight is 302 g/mol. The van der Waals surface area contributed by atoms with Crippen molar-refractivity contribution in [1.29, 1.82) is 0 Å². The molecule has 2 rings (SSSR count). The summed E-state index contributed by atoms with van der Waals surface area (Å²) in [5.41, 5.74) is 0. The SMILES string of the molecule is CC1(C)S[C@@H]2[C@@H](Br)C(=O)N2[C@H]1C(=O)[O-].[Na+]. The molecule has 3 atom stereocenters. The Hall–Kier alpha value is 0.770. The Morgan fingerprint density at radius 2 is 2.13 bits per heavy atom. The van der Waals surface area contributed by atoms with Crippen molar-refractivity contribution in [3.05, 3.63) is 0 Å². The zero-order chi connectivity index (χ0) is 10.7. The molecular weight excluding hydrogens is 293 g/mol. The summed E-state index contributed by atoms with van der Waals surface area (Å²) >= 11 is 4.74. The van der Waals surface area contributed by atoms with Crippen LogP contribution in [0.1, 0.15) is 13.8 Å². The van der Waals surface area contributed by atoms with E-state index in [1.165, 1.54) is 16.7 Å². The number of hydrogen-bond donors (Lipinski definition) is 0. The van der Waals surface area contributed by atoms with Crippen LogP contribution in [0.15, 0.2) is 0 Å². The van der Waals surface area contributed by atoms with Gasteiger partial charge in [-0.2, -0.15) is 0 Å². The van der Waals surface area contributed by atoms with E-state index in [0.717, 1.165) is 0 Å². The molecule has 2 aliphatic rings. The monoisotopic (exact) mass is 301 g/mol. The number of carbonyl (C=O) groups is 2. The van der Waals surface area contributed by atoms with Gasteiger partial charge in [-0.3, -0.25) is 4.79 Å². The summed E-state index contributed by atoms with van der Waals surface area (Å²) < 4.78 is -0.471. The van der Waals surface area contributed by atoms with Gasteiger partial charge in [0.2, 0.25) is 5.91 Å². The number of carboxylic acids is 1. The average Bonchev–Trinajstić information content (AvgIpc) is 2.34. The Kier molecular flexibility index (Phi) is 3.89. The van der Waals surface area contributed by atoms with E-state index in [1.807, 2.05) is 13.8 Å². The number of thioether (sulfide) groups is 1. The number of amides is 1. The molecule has 15 heavy (non-hydrogen) atoms. The van der Waals surface area contributed by atoms with Crippen molar-refractivity contribution in [1.82, 2.24) is 4.90 Å². The molecule has 2 saturated heterocycles. The van der Waals surface area contributed by atoms with Gasteiger partial charge in [0.1, 0.15) is 10.2 Å². The van der Waals surface area contributed by atoms with Crippen molar-refractivity contribution >= 4 is 39.6 Å². The van der Waals surface area contributed by atoms with Crippen LogP contribution in [0.2, 0.25) is 0 Å². The third kappa shape index (κ3) is 1.88. The summed E-state index contributed by atoms with van der Waals surface area (Å²) in [7, 11) is 0. The molecule has 78 valence electrons. The molecule has 0 aliphatic carbocycles. The zero-order valence-corrected chi connectivity index (χ0v) is 13.1. The molecule has 7 heteroatoms. The minimum absolute atomic E-state index is 0. The van der Waals surface area contributed by atoms with Gasteiger partial charge in [-0.25, -0.2) is 0 Å². The van der Waals surface area contributed by atoms with E-state index >= 15 is 0 Å². The fraction of sp³-hybridized carbons (Fsp3) is 0.750. The fourth-order valence-corrected chi connectivity index (χ4v) is 4.30. The molecule has 4 nitrogen and oxygen atoms in total. The fourth-order valence-electron chi connectivity index (χ4n) is 1.95. The van der Waals surface area contributed by atoms with E-state index in [2.05, 4.69) is 15.9 Å². The van der Waals surface area contributed by atoms with Crippen LogP contribution in [0.3, 0.4) is 0 Å². The van der Waals surface area contributed by atoms with Crippen molar-refractivity contribution in [2.45, 2.75) is 34.8 Å². The Morgan fingerprint density at radius 3 is 2.60 bits per heavy atom. The van der Waals surface area contributed by atoms with Crippen LogP contribution >= 0.6 is 27.7 Å². The maximum absolute atomic E-state index is 11.4. The first-order chi connectivity index (χ1) is 6.36. The van der Waals surface area contributed by atoms with Gasteiger partial charge in [0, 0.05) is 4.75 Å². The molecule has 1 amide bonds. The smallest absolute Gasteiger partial charge is 0.548 e. The standard InChI is InChI=1S/C8H10BrNO3S.Na/c1-8(2)4(7(12)13)10-5(11)3(9)6(10)14-8;/h3-4,6H,1-2H3,(H,12,13);/q;+1/p-1/t3-,4-,6+;/m0./s1. The maximum Gasteiger partial charge on any atom is 1.00 e. The second kappa shape index (κ2) is 4.22. The number of halogens is 1. The van der Waals surface area contributed by atoms with E-state index < -0.39 is 16.8 Å². The maximum atomic E-state index is 11.4. The molecule has 2 aliphatic heterocycles. The van der Waals surface area contributed by atoms with Gasteiger partial charge in [-0.15, -0.1) is 11.8 Å². The zero-order valence-electron chi connectivity index (χ0n) is 8.69. The predicted octanol–water partition coefficient (Wildman–Crippen LogP) is -3.43. The Labute approximate surface area is 123 Å². The summed E-state index contributed by atoms with van der Waals surface area (Å²) in [4.78, 5) is 23.5. The predicted molar refractivity (Wildman–Crippen MR) is 53.8 cm³/mol. The summed E-state index contributed by atoms with van der Waals surface area (Å²) in [6.07, 6.45) is 0. The molecular formula is C8H9BrNNaO3S. The number of carboxylic acid groups (broad SMARTS) is 1. The summed E-state index contributed by atoms with van der Waals surface area (Å²) in [6, 6.07) is -0.807. The number of fused-ring (bicyclic) bond motifs is 1.